The van der Waals surface area contributed by atoms with Gasteiger partial charge < -0.3 is 0 Å². The van der Waals surface area contributed by atoms with E-state index in [1.165, 1.54) is 27.6 Å². The minimum absolute atomic E-state index is 0.159. The summed E-state index contributed by atoms with van der Waals surface area (Å²) in [4.78, 5) is 28.3. The van der Waals surface area contributed by atoms with Gasteiger partial charge in [-0.15, -0.1) is 0 Å². The summed E-state index contributed by atoms with van der Waals surface area (Å²) in [6.45, 7) is 1.80. The predicted molar refractivity (Wildman–Crippen MR) is 96.2 cm³/mol. The zero-order chi connectivity index (χ0) is 18.9. The van der Waals surface area contributed by atoms with E-state index in [0.29, 0.717) is 26.2 Å². The lowest BCUT2D eigenvalue weighted by Gasteiger charge is -2.37. The fourth-order valence-corrected chi connectivity index (χ4v) is 4.45. The topological polar surface area (TPSA) is 81.2 Å². The highest BCUT2D eigenvalue weighted by Gasteiger charge is 2.43. The Kier molecular flexibility index (Phi) is 5.42. The molecule has 0 N–H and O–H groups in total. The van der Waals surface area contributed by atoms with Crippen LogP contribution in [0.1, 0.15) is 12.0 Å². The molecule has 142 valence electrons. The molecule has 0 bridgehead atoms. The Labute approximate surface area is 154 Å². The first-order valence-electron chi connectivity index (χ1n) is 8.60. The Bertz CT molecular complexity index is 773. The van der Waals surface area contributed by atoms with Crippen LogP contribution in [0.2, 0.25) is 0 Å². The van der Waals surface area contributed by atoms with Crippen LogP contribution in [0.15, 0.2) is 30.3 Å². The molecule has 9 heteroatoms. The molecule has 2 fully saturated rings. The van der Waals surface area contributed by atoms with E-state index in [2.05, 4.69) is 0 Å². The van der Waals surface area contributed by atoms with Crippen molar-refractivity contribution in [2.24, 2.45) is 0 Å². The van der Waals surface area contributed by atoms with Crippen LogP contribution in [0, 0.1) is 0 Å². The van der Waals surface area contributed by atoms with Crippen molar-refractivity contribution in [1.29, 1.82) is 0 Å². The number of benzene rings is 1. The standard InChI is InChI=1S/C17H24N4O4S/c1-18(2)26(24,25)20-10-8-19(9-11-20)15-12-16(22)21(17(15)23)13-14-6-4-3-5-7-14/h3-7,15H,8-13H2,1-2H3/t15-/m1/s1. The third-order valence-corrected chi connectivity index (χ3v) is 6.85. The summed E-state index contributed by atoms with van der Waals surface area (Å²) in [6.07, 6.45) is 0.159. The van der Waals surface area contributed by atoms with Gasteiger partial charge in [-0.2, -0.15) is 17.0 Å². The molecule has 2 saturated heterocycles. The van der Waals surface area contributed by atoms with Crippen molar-refractivity contribution in [2.45, 2.75) is 19.0 Å². The molecular formula is C17H24N4O4S. The SMILES string of the molecule is CN(C)S(=O)(=O)N1CCN([C@@H]2CC(=O)N(Cc3ccccc3)C2=O)CC1. The van der Waals surface area contributed by atoms with Gasteiger partial charge in [-0.25, -0.2) is 0 Å². The first kappa shape index (κ1) is 19.0. The minimum atomic E-state index is -3.44. The normalized spacial score (nSPS) is 23.2. The summed E-state index contributed by atoms with van der Waals surface area (Å²) >= 11 is 0. The van der Waals surface area contributed by atoms with Crippen molar-refractivity contribution < 1.29 is 18.0 Å². The number of carbonyl (C=O) groups excluding carboxylic acids is 2. The molecule has 1 aromatic carbocycles. The highest BCUT2D eigenvalue weighted by atomic mass is 32.2. The maximum atomic E-state index is 12.7. The Hall–Kier alpha value is -1.81. The van der Waals surface area contributed by atoms with Crippen LogP contribution in [-0.4, -0.2) is 85.0 Å². The minimum Gasteiger partial charge on any atom is -0.289 e. The van der Waals surface area contributed by atoms with E-state index in [9.17, 15) is 18.0 Å². The number of likely N-dealkylation sites (tertiary alicyclic amines) is 1. The largest absolute Gasteiger partial charge is 0.289 e. The molecule has 0 saturated carbocycles. The molecule has 2 heterocycles. The molecule has 0 radical (unpaired) electrons. The number of carbonyl (C=O) groups is 2. The number of imide groups is 1. The summed E-state index contributed by atoms with van der Waals surface area (Å²) in [5.74, 6) is -0.366. The first-order valence-corrected chi connectivity index (χ1v) is 10.00. The van der Waals surface area contributed by atoms with Crippen LogP contribution >= 0.6 is 0 Å². The molecule has 8 nitrogen and oxygen atoms in total. The van der Waals surface area contributed by atoms with Crippen LogP contribution in [0.3, 0.4) is 0 Å². The zero-order valence-corrected chi connectivity index (χ0v) is 15.9. The van der Waals surface area contributed by atoms with Crippen molar-refractivity contribution in [2.75, 3.05) is 40.3 Å². The van der Waals surface area contributed by atoms with E-state index >= 15 is 0 Å². The summed E-state index contributed by atoms with van der Waals surface area (Å²) in [5.41, 5.74) is 0.914. The molecule has 3 rings (SSSR count). The zero-order valence-electron chi connectivity index (χ0n) is 15.0. The van der Waals surface area contributed by atoms with E-state index in [1.54, 1.807) is 0 Å². The smallest absolute Gasteiger partial charge is 0.281 e. The van der Waals surface area contributed by atoms with Gasteiger partial charge in [0, 0.05) is 40.3 Å². The number of piperazine rings is 1. The lowest BCUT2D eigenvalue weighted by atomic mass is 10.2. The molecule has 0 aromatic heterocycles. The molecular weight excluding hydrogens is 356 g/mol. The van der Waals surface area contributed by atoms with Crippen molar-refractivity contribution in [3.63, 3.8) is 0 Å². The summed E-state index contributed by atoms with van der Waals surface area (Å²) in [6, 6.07) is 8.93. The monoisotopic (exact) mass is 380 g/mol. The van der Waals surface area contributed by atoms with Crippen LogP contribution in [0.25, 0.3) is 0 Å². The second-order valence-electron chi connectivity index (χ2n) is 6.75. The summed E-state index contributed by atoms with van der Waals surface area (Å²) in [7, 11) is -0.440. The summed E-state index contributed by atoms with van der Waals surface area (Å²) < 4.78 is 27.0. The molecule has 2 aliphatic heterocycles. The molecule has 26 heavy (non-hydrogen) atoms. The van der Waals surface area contributed by atoms with Crippen LogP contribution < -0.4 is 0 Å². The van der Waals surface area contributed by atoms with Gasteiger partial charge in [-0.3, -0.25) is 19.4 Å². The third kappa shape index (κ3) is 3.66. The van der Waals surface area contributed by atoms with Crippen molar-refractivity contribution in [3.8, 4) is 0 Å². The lowest BCUT2D eigenvalue weighted by molar-refractivity contribution is -0.140. The quantitative estimate of drug-likeness (QED) is 0.658. The molecule has 0 spiro atoms. The number of hydrogen-bond acceptors (Lipinski definition) is 5. The highest BCUT2D eigenvalue weighted by molar-refractivity contribution is 7.86. The van der Waals surface area contributed by atoms with Gasteiger partial charge in [-0.05, 0) is 5.56 Å². The van der Waals surface area contributed by atoms with Crippen molar-refractivity contribution >= 4 is 22.0 Å². The maximum absolute atomic E-state index is 12.7. The molecule has 2 aliphatic rings. The number of rotatable bonds is 5. The Morgan fingerprint density at radius 2 is 1.65 bits per heavy atom. The molecule has 0 aliphatic carbocycles. The van der Waals surface area contributed by atoms with E-state index in [4.69, 9.17) is 0 Å². The van der Waals surface area contributed by atoms with Gasteiger partial charge in [0.05, 0.1) is 19.0 Å². The van der Waals surface area contributed by atoms with Gasteiger partial charge in [-0.1, -0.05) is 30.3 Å². The van der Waals surface area contributed by atoms with E-state index < -0.39 is 16.3 Å². The number of amides is 2. The Morgan fingerprint density at radius 1 is 1.04 bits per heavy atom. The van der Waals surface area contributed by atoms with Gasteiger partial charge in [0.2, 0.25) is 11.8 Å². The second kappa shape index (κ2) is 7.43. The number of nitrogens with zero attached hydrogens (tertiary/aromatic N) is 4. The van der Waals surface area contributed by atoms with Crippen molar-refractivity contribution in [3.05, 3.63) is 35.9 Å². The average molecular weight is 380 g/mol. The molecule has 2 amide bonds. The summed E-state index contributed by atoms with van der Waals surface area (Å²) in [5, 5.41) is 0. The average Bonchev–Trinajstić information content (AvgIpc) is 2.91. The van der Waals surface area contributed by atoms with E-state index in [-0.39, 0.29) is 24.8 Å². The Morgan fingerprint density at radius 3 is 2.23 bits per heavy atom. The fourth-order valence-electron chi connectivity index (χ4n) is 3.36. The van der Waals surface area contributed by atoms with Crippen LogP contribution in [0.5, 0.6) is 0 Å². The van der Waals surface area contributed by atoms with E-state index in [1.807, 2.05) is 35.2 Å². The third-order valence-electron chi connectivity index (χ3n) is 4.91. The second-order valence-corrected chi connectivity index (χ2v) is 8.89. The van der Waals surface area contributed by atoms with E-state index in [0.717, 1.165) is 5.56 Å². The van der Waals surface area contributed by atoms with Gasteiger partial charge in [0.1, 0.15) is 0 Å². The van der Waals surface area contributed by atoms with Gasteiger partial charge in [0.25, 0.3) is 10.2 Å². The Balaban J connectivity index is 1.63. The van der Waals surface area contributed by atoms with Gasteiger partial charge >= 0.3 is 0 Å². The lowest BCUT2D eigenvalue weighted by Crippen LogP contribution is -2.55. The maximum Gasteiger partial charge on any atom is 0.281 e. The molecule has 0 unspecified atom stereocenters. The fraction of sp³-hybridized carbons (Fsp3) is 0.529. The molecule has 1 aromatic rings. The highest BCUT2D eigenvalue weighted by Crippen LogP contribution is 2.23. The number of hydrogen-bond donors (Lipinski definition) is 0. The predicted octanol–water partition coefficient (Wildman–Crippen LogP) is -0.262. The van der Waals surface area contributed by atoms with Crippen LogP contribution in [0.4, 0.5) is 0 Å². The van der Waals surface area contributed by atoms with Gasteiger partial charge in [0.15, 0.2) is 0 Å². The molecule has 1 atom stereocenters. The van der Waals surface area contributed by atoms with Crippen LogP contribution in [-0.2, 0) is 26.3 Å². The van der Waals surface area contributed by atoms with Crippen molar-refractivity contribution in [1.82, 2.24) is 18.4 Å². The first-order chi connectivity index (χ1) is 12.3.